The Morgan fingerprint density at radius 1 is 1.27 bits per heavy atom. The Hall–Kier alpha value is -2.40. The smallest absolute Gasteiger partial charge is 0.226 e. The SMILES string of the molecule is CN(CCO)C(=O)Cc1cccc(OCc2cccnc2)c1. The first-order chi connectivity index (χ1) is 10.7. The quantitative estimate of drug-likeness (QED) is 0.844. The molecule has 0 aliphatic carbocycles. The normalized spacial score (nSPS) is 10.3. The summed E-state index contributed by atoms with van der Waals surface area (Å²) in [5, 5.41) is 8.85. The molecule has 1 aromatic carbocycles. The van der Waals surface area contributed by atoms with E-state index in [-0.39, 0.29) is 12.5 Å². The summed E-state index contributed by atoms with van der Waals surface area (Å²) in [6, 6.07) is 11.3. The lowest BCUT2D eigenvalue weighted by Crippen LogP contribution is -2.30. The fraction of sp³-hybridized carbons (Fsp3) is 0.294. The van der Waals surface area contributed by atoms with Gasteiger partial charge in [0.25, 0.3) is 0 Å². The van der Waals surface area contributed by atoms with Crippen molar-refractivity contribution in [1.82, 2.24) is 9.88 Å². The molecule has 0 radical (unpaired) electrons. The summed E-state index contributed by atoms with van der Waals surface area (Å²) >= 11 is 0. The number of aromatic nitrogens is 1. The molecule has 0 spiro atoms. The minimum Gasteiger partial charge on any atom is -0.489 e. The number of carbonyl (C=O) groups is 1. The van der Waals surface area contributed by atoms with Gasteiger partial charge >= 0.3 is 0 Å². The van der Waals surface area contributed by atoms with Crippen LogP contribution in [0.2, 0.25) is 0 Å². The third kappa shape index (κ3) is 4.86. The Balaban J connectivity index is 1.93. The molecule has 22 heavy (non-hydrogen) atoms. The molecule has 1 heterocycles. The highest BCUT2D eigenvalue weighted by atomic mass is 16.5. The highest BCUT2D eigenvalue weighted by Crippen LogP contribution is 2.16. The number of rotatable bonds is 7. The minimum absolute atomic E-state index is 0.0292. The highest BCUT2D eigenvalue weighted by molar-refractivity contribution is 5.78. The highest BCUT2D eigenvalue weighted by Gasteiger charge is 2.09. The summed E-state index contributed by atoms with van der Waals surface area (Å²) in [7, 11) is 1.68. The summed E-state index contributed by atoms with van der Waals surface area (Å²) < 4.78 is 5.72. The number of ether oxygens (including phenoxy) is 1. The summed E-state index contributed by atoms with van der Waals surface area (Å²) in [5.74, 6) is 0.692. The first-order valence-corrected chi connectivity index (χ1v) is 7.14. The monoisotopic (exact) mass is 300 g/mol. The zero-order chi connectivity index (χ0) is 15.8. The van der Waals surface area contributed by atoms with E-state index in [4.69, 9.17) is 9.84 Å². The molecule has 1 amide bonds. The zero-order valence-corrected chi connectivity index (χ0v) is 12.6. The van der Waals surface area contributed by atoms with Crippen molar-refractivity contribution in [2.24, 2.45) is 0 Å². The van der Waals surface area contributed by atoms with E-state index < -0.39 is 0 Å². The molecular weight excluding hydrogens is 280 g/mol. The van der Waals surface area contributed by atoms with Gasteiger partial charge in [0.1, 0.15) is 12.4 Å². The molecule has 5 nitrogen and oxygen atoms in total. The Morgan fingerprint density at radius 3 is 2.82 bits per heavy atom. The van der Waals surface area contributed by atoms with E-state index in [1.54, 1.807) is 19.4 Å². The molecule has 0 bridgehead atoms. The Kier molecular flexibility index (Phi) is 5.91. The van der Waals surface area contributed by atoms with Crippen LogP contribution in [0, 0.1) is 0 Å². The van der Waals surface area contributed by atoms with E-state index in [1.807, 2.05) is 36.4 Å². The Morgan fingerprint density at radius 2 is 2.09 bits per heavy atom. The van der Waals surface area contributed by atoms with Crippen molar-refractivity contribution >= 4 is 5.91 Å². The third-order valence-electron chi connectivity index (χ3n) is 3.24. The molecule has 2 rings (SSSR count). The first-order valence-electron chi connectivity index (χ1n) is 7.14. The van der Waals surface area contributed by atoms with Crippen molar-refractivity contribution in [2.75, 3.05) is 20.2 Å². The lowest BCUT2D eigenvalue weighted by atomic mass is 10.1. The second-order valence-corrected chi connectivity index (χ2v) is 5.01. The second kappa shape index (κ2) is 8.14. The van der Waals surface area contributed by atoms with E-state index in [2.05, 4.69) is 4.98 Å². The van der Waals surface area contributed by atoms with Gasteiger partial charge in [-0.3, -0.25) is 9.78 Å². The van der Waals surface area contributed by atoms with Crippen LogP contribution in [0.25, 0.3) is 0 Å². The van der Waals surface area contributed by atoms with E-state index in [1.165, 1.54) is 4.90 Å². The number of pyridine rings is 1. The van der Waals surface area contributed by atoms with Crippen molar-refractivity contribution in [3.8, 4) is 5.75 Å². The molecule has 0 aliphatic rings. The second-order valence-electron chi connectivity index (χ2n) is 5.01. The number of nitrogens with zero attached hydrogens (tertiary/aromatic N) is 2. The molecule has 1 N–H and O–H groups in total. The molecule has 116 valence electrons. The molecular formula is C17H20N2O3. The van der Waals surface area contributed by atoms with Crippen LogP contribution in [0.1, 0.15) is 11.1 Å². The topological polar surface area (TPSA) is 62.7 Å². The Labute approximate surface area is 130 Å². The summed E-state index contributed by atoms with van der Waals surface area (Å²) in [6.07, 6.45) is 3.77. The number of amides is 1. The number of hydrogen-bond donors (Lipinski definition) is 1. The molecule has 0 unspecified atom stereocenters. The molecule has 5 heteroatoms. The predicted molar refractivity (Wildman–Crippen MR) is 83.4 cm³/mol. The molecule has 0 aliphatic heterocycles. The molecule has 0 saturated carbocycles. The van der Waals surface area contributed by atoms with Crippen LogP contribution in [-0.2, 0) is 17.8 Å². The van der Waals surface area contributed by atoms with Crippen molar-refractivity contribution in [1.29, 1.82) is 0 Å². The lowest BCUT2D eigenvalue weighted by Gasteiger charge is -2.15. The average molecular weight is 300 g/mol. The largest absolute Gasteiger partial charge is 0.489 e. The maximum absolute atomic E-state index is 12.0. The van der Waals surface area contributed by atoms with Crippen molar-refractivity contribution in [3.63, 3.8) is 0 Å². The van der Waals surface area contributed by atoms with Gasteiger partial charge in [-0.05, 0) is 23.8 Å². The van der Waals surface area contributed by atoms with Gasteiger partial charge in [-0.15, -0.1) is 0 Å². The van der Waals surface area contributed by atoms with Crippen molar-refractivity contribution in [2.45, 2.75) is 13.0 Å². The summed E-state index contributed by atoms with van der Waals surface area (Å²) in [4.78, 5) is 17.5. The Bertz CT molecular complexity index is 602. The molecule has 0 atom stereocenters. The van der Waals surface area contributed by atoms with E-state index >= 15 is 0 Å². The summed E-state index contributed by atoms with van der Waals surface area (Å²) in [5.41, 5.74) is 1.88. The number of carbonyl (C=O) groups excluding carboxylic acids is 1. The minimum atomic E-state index is -0.0312. The molecule has 0 fully saturated rings. The van der Waals surface area contributed by atoms with Crippen LogP contribution >= 0.6 is 0 Å². The number of aliphatic hydroxyl groups is 1. The van der Waals surface area contributed by atoms with Crippen molar-refractivity contribution < 1.29 is 14.6 Å². The first kappa shape index (κ1) is 16.0. The van der Waals surface area contributed by atoms with Gasteiger partial charge in [-0.1, -0.05) is 18.2 Å². The van der Waals surface area contributed by atoms with Gasteiger partial charge in [-0.2, -0.15) is 0 Å². The van der Waals surface area contributed by atoms with Gasteiger partial charge < -0.3 is 14.7 Å². The van der Waals surface area contributed by atoms with Gasteiger partial charge in [0.05, 0.1) is 13.0 Å². The van der Waals surface area contributed by atoms with Crippen LogP contribution in [-0.4, -0.2) is 41.1 Å². The van der Waals surface area contributed by atoms with E-state index in [9.17, 15) is 4.79 Å². The molecule has 2 aromatic rings. The number of benzene rings is 1. The van der Waals surface area contributed by atoms with Crippen LogP contribution < -0.4 is 4.74 Å². The predicted octanol–water partition coefficient (Wildman–Crippen LogP) is 1.65. The van der Waals surface area contributed by atoms with Crippen molar-refractivity contribution in [3.05, 3.63) is 59.9 Å². The lowest BCUT2D eigenvalue weighted by molar-refractivity contribution is -0.129. The fourth-order valence-corrected chi connectivity index (χ4v) is 1.98. The number of hydrogen-bond acceptors (Lipinski definition) is 4. The van der Waals surface area contributed by atoms with Crippen LogP contribution in [0.4, 0.5) is 0 Å². The van der Waals surface area contributed by atoms with Crippen LogP contribution in [0.3, 0.4) is 0 Å². The molecule has 0 saturated heterocycles. The maximum atomic E-state index is 12.0. The number of likely N-dealkylation sites (N-methyl/N-ethyl adjacent to an activating group) is 1. The maximum Gasteiger partial charge on any atom is 0.226 e. The van der Waals surface area contributed by atoms with Gasteiger partial charge in [0, 0.05) is 31.5 Å². The molecule has 1 aromatic heterocycles. The van der Waals surface area contributed by atoms with E-state index in [0.717, 1.165) is 16.9 Å². The fourth-order valence-electron chi connectivity index (χ4n) is 1.98. The van der Waals surface area contributed by atoms with Gasteiger partial charge in [0.15, 0.2) is 0 Å². The van der Waals surface area contributed by atoms with Crippen LogP contribution in [0.15, 0.2) is 48.8 Å². The van der Waals surface area contributed by atoms with Gasteiger partial charge in [0.2, 0.25) is 5.91 Å². The van der Waals surface area contributed by atoms with Crippen LogP contribution in [0.5, 0.6) is 5.75 Å². The van der Waals surface area contributed by atoms with E-state index in [0.29, 0.717) is 19.6 Å². The average Bonchev–Trinajstić information content (AvgIpc) is 2.54. The summed E-state index contributed by atoms with van der Waals surface area (Å²) in [6.45, 7) is 0.752. The third-order valence-corrected chi connectivity index (χ3v) is 3.24. The van der Waals surface area contributed by atoms with Gasteiger partial charge in [-0.25, -0.2) is 0 Å². The zero-order valence-electron chi connectivity index (χ0n) is 12.6. The number of aliphatic hydroxyl groups excluding tert-OH is 1. The standard InChI is InChI=1S/C17H20N2O3/c1-19(8-9-20)17(21)11-14-4-2-6-16(10-14)22-13-15-5-3-7-18-12-15/h2-7,10,12,20H,8-9,11,13H2,1H3.